The molecule has 0 saturated carbocycles. The Labute approximate surface area is 277 Å². The highest BCUT2D eigenvalue weighted by molar-refractivity contribution is 7.92. The molecule has 1 atom stereocenters. The number of halogens is 1. The standard InChI is InChI=1S/C36H40ClN3O5S/c1-4-5-22-38-36(42)34(24-28-10-7-6-8-11-28)39(25-29-12-9-13-30(37)23-29)35(41)26-40(31-16-14-27(2)15-17-31)46(43,44)33-20-18-32(45-3)19-21-33/h6-21,23,34H,4-5,22,24-26H2,1-3H3,(H,38,42). The minimum absolute atomic E-state index is 0.00112. The van der Waals surface area contributed by atoms with Gasteiger partial charge in [-0.2, -0.15) is 0 Å². The summed E-state index contributed by atoms with van der Waals surface area (Å²) in [5, 5.41) is 3.48. The molecule has 46 heavy (non-hydrogen) atoms. The van der Waals surface area contributed by atoms with Gasteiger partial charge in [-0.15, -0.1) is 0 Å². The van der Waals surface area contributed by atoms with Gasteiger partial charge < -0.3 is 15.0 Å². The second-order valence-electron chi connectivity index (χ2n) is 11.0. The number of ether oxygens (including phenoxy) is 1. The number of carbonyl (C=O) groups excluding carboxylic acids is 2. The second kappa shape index (κ2) is 16.3. The minimum atomic E-state index is -4.21. The fourth-order valence-corrected chi connectivity index (χ4v) is 6.63. The van der Waals surface area contributed by atoms with Crippen molar-refractivity contribution in [2.75, 3.05) is 24.5 Å². The third kappa shape index (κ3) is 9.11. The molecular formula is C36H40ClN3O5S. The fraction of sp³-hybridized carbons (Fsp3) is 0.278. The van der Waals surface area contributed by atoms with Crippen molar-refractivity contribution >= 4 is 39.1 Å². The highest BCUT2D eigenvalue weighted by Crippen LogP contribution is 2.27. The topological polar surface area (TPSA) is 96.0 Å². The number of amides is 2. The van der Waals surface area contributed by atoms with E-state index < -0.39 is 28.5 Å². The summed E-state index contributed by atoms with van der Waals surface area (Å²) >= 11 is 6.31. The van der Waals surface area contributed by atoms with E-state index in [9.17, 15) is 18.0 Å². The van der Waals surface area contributed by atoms with E-state index in [0.717, 1.165) is 28.3 Å². The number of hydrogen-bond donors (Lipinski definition) is 1. The molecule has 0 heterocycles. The van der Waals surface area contributed by atoms with Crippen LogP contribution in [-0.2, 0) is 32.6 Å². The van der Waals surface area contributed by atoms with Crippen molar-refractivity contribution in [1.82, 2.24) is 10.2 Å². The van der Waals surface area contributed by atoms with Gasteiger partial charge in [-0.1, -0.05) is 85.1 Å². The number of aryl methyl sites for hydroxylation is 1. The Morgan fingerprint density at radius 2 is 1.57 bits per heavy atom. The zero-order chi connectivity index (χ0) is 33.1. The normalized spacial score (nSPS) is 11.8. The van der Waals surface area contributed by atoms with E-state index in [4.69, 9.17) is 16.3 Å². The molecule has 0 aliphatic heterocycles. The molecule has 1 N–H and O–H groups in total. The van der Waals surface area contributed by atoms with Gasteiger partial charge in [0.05, 0.1) is 17.7 Å². The maximum Gasteiger partial charge on any atom is 0.264 e. The summed E-state index contributed by atoms with van der Waals surface area (Å²) in [7, 11) is -2.71. The largest absolute Gasteiger partial charge is 0.497 e. The molecule has 0 aliphatic carbocycles. The fourth-order valence-electron chi connectivity index (χ4n) is 5.01. The van der Waals surface area contributed by atoms with E-state index in [1.807, 2.05) is 50.2 Å². The molecule has 0 fully saturated rings. The number of nitrogens with zero attached hydrogens (tertiary/aromatic N) is 2. The molecule has 0 saturated heterocycles. The van der Waals surface area contributed by atoms with Gasteiger partial charge in [0.15, 0.2) is 0 Å². The van der Waals surface area contributed by atoms with Crippen molar-refractivity contribution in [1.29, 1.82) is 0 Å². The summed E-state index contributed by atoms with van der Waals surface area (Å²) in [5.41, 5.74) is 2.83. The third-order valence-electron chi connectivity index (χ3n) is 7.59. The van der Waals surface area contributed by atoms with E-state index >= 15 is 0 Å². The number of carbonyl (C=O) groups is 2. The quantitative estimate of drug-likeness (QED) is 0.149. The minimum Gasteiger partial charge on any atom is -0.497 e. The van der Waals surface area contributed by atoms with Crippen LogP contribution in [0.4, 0.5) is 5.69 Å². The van der Waals surface area contributed by atoms with Crippen LogP contribution in [0.25, 0.3) is 0 Å². The van der Waals surface area contributed by atoms with Crippen LogP contribution in [0.15, 0.2) is 108 Å². The van der Waals surface area contributed by atoms with E-state index in [-0.39, 0.29) is 23.8 Å². The van der Waals surface area contributed by atoms with Gasteiger partial charge in [-0.25, -0.2) is 8.42 Å². The highest BCUT2D eigenvalue weighted by atomic mass is 35.5. The predicted molar refractivity (Wildman–Crippen MR) is 183 cm³/mol. The van der Waals surface area contributed by atoms with Crippen molar-refractivity contribution in [3.63, 3.8) is 0 Å². The summed E-state index contributed by atoms with van der Waals surface area (Å²) in [6.45, 7) is 3.90. The number of anilines is 1. The first-order valence-electron chi connectivity index (χ1n) is 15.2. The Bertz CT molecular complexity index is 1700. The van der Waals surface area contributed by atoms with Gasteiger partial charge in [-0.3, -0.25) is 13.9 Å². The SMILES string of the molecule is CCCCNC(=O)C(Cc1ccccc1)N(Cc1cccc(Cl)c1)C(=O)CN(c1ccc(C)cc1)S(=O)(=O)c1ccc(OC)cc1. The van der Waals surface area contributed by atoms with Gasteiger partial charge in [0, 0.05) is 24.5 Å². The van der Waals surface area contributed by atoms with Crippen LogP contribution in [0.1, 0.15) is 36.5 Å². The molecule has 4 rings (SSSR count). The zero-order valence-electron chi connectivity index (χ0n) is 26.4. The molecule has 4 aromatic rings. The van der Waals surface area contributed by atoms with Crippen LogP contribution in [0, 0.1) is 6.92 Å². The maximum atomic E-state index is 14.5. The molecule has 0 bridgehead atoms. The van der Waals surface area contributed by atoms with Crippen LogP contribution in [-0.4, -0.2) is 51.4 Å². The van der Waals surface area contributed by atoms with Crippen molar-refractivity contribution in [2.24, 2.45) is 0 Å². The second-order valence-corrected chi connectivity index (χ2v) is 13.3. The molecule has 0 aliphatic rings. The monoisotopic (exact) mass is 661 g/mol. The summed E-state index contributed by atoms with van der Waals surface area (Å²) in [6.07, 6.45) is 1.91. The van der Waals surface area contributed by atoms with Gasteiger partial charge >= 0.3 is 0 Å². The smallest absolute Gasteiger partial charge is 0.264 e. The van der Waals surface area contributed by atoms with Gasteiger partial charge in [0.1, 0.15) is 18.3 Å². The molecule has 0 spiro atoms. The number of hydrogen-bond acceptors (Lipinski definition) is 5. The van der Waals surface area contributed by atoms with E-state index in [2.05, 4.69) is 5.32 Å². The first kappa shape index (κ1) is 34.5. The number of sulfonamides is 1. The molecule has 0 aromatic heterocycles. The molecule has 2 amide bonds. The average molecular weight is 662 g/mol. The Morgan fingerprint density at radius 3 is 2.20 bits per heavy atom. The van der Waals surface area contributed by atoms with Gasteiger partial charge in [0.2, 0.25) is 11.8 Å². The summed E-state index contributed by atoms with van der Waals surface area (Å²) in [5.74, 6) is -0.348. The van der Waals surface area contributed by atoms with E-state index in [1.165, 1.54) is 24.1 Å². The lowest BCUT2D eigenvalue weighted by molar-refractivity contribution is -0.140. The lowest BCUT2D eigenvalue weighted by Gasteiger charge is -2.34. The Morgan fingerprint density at radius 1 is 0.891 bits per heavy atom. The third-order valence-corrected chi connectivity index (χ3v) is 9.61. The first-order valence-corrected chi connectivity index (χ1v) is 17.0. The molecule has 242 valence electrons. The summed E-state index contributed by atoms with van der Waals surface area (Å²) < 4.78 is 34.6. The molecular weight excluding hydrogens is 622 g/mol. The predicted octanol–water partition coefficient (Wildman–Crippen LogP) is 6.41. The summed E-state index contributed by atoms with van der Waals surface area (Å²) in [4.78, 5) is 29.8. The van der Waals surface area contributed by atoms with E-state index in [0.29, 0.717) is 28.6 Å². The highest BCUT2D eigenvalue weighted by Gasteiger charge is 2.34. The van der Waals surface area contributed by atoms with Gasteiger partial charge in [0.25, 0.3) is 10.0 Å². The average Bonchev–Trinajstić information content (AvgIpc) is 3.06. The van der Waals surface area contributed by atoms with Crippen molar-refractivity contribution in [2.45, 2.75) is 50.6 Å². The van der Waals surface area contributed by atoms with Crippen LogP contribution in [0.3, 0.4) is 0 Å². The van der Waals surface area contributed by atoms with Crippen LogP contribution < -0.4 is 14.4 Å². The lowest BCUT2D eigenvalue weighted by Crippen LogP contribution is -2.53. The Kier molecular flexibility index (Phi) is 12.2. The number of benzene rings is 4. The van der Waals surface area contributed by atoms with Gasteiger partial charge in [-0.05, 0) is 73.0 Å². The zero-order valence-corrected chi connectivity index (χ0v) is 27.9. The number of rotatable bonds is 15. The van der Waals surface area contributed by atoms with Crippen molar-refractivity contribution in [3.8, 4) is 5.75 Å². The van der Waals surface area contributed by atoms with Crippen molar-refractivity contribution in [3.05, 3.63) is 125 Å². The van der Waals surface area contributed by atoms with Crippen LogP contribution >= 0.6 is 11.6 Å². The Hall–Kier alpha value is -4.34. The van der Waals surface area contributed by atoms with Crippen LogP contribution in [0.5, 0.6) is 5.75 Å². The maximum absolute atomic E-state index is 14.5. The number of nitrogens with one attached hydrogen (secondary N) is 1. The first-order chi connectivity index (χ1) is 22.1. The molecule has 1 unspecified atom stereocenters. The van der Waals surface area contributed by atoms with E-state index in [1.54, 1.807) is 54.6 Å². The number of methoxy groups -OCH3 is 1. The van der Waals surface area contributed by atoms with Crippen LogP contribution in [0.2, 0.25) is 5.02 Å². The molecule has 10 heteroatoms. The lowest BCUT2D eigenvalue weighted by atomic mass is 10.0. The molecule has 0 radical (unpaired) electrons. The molecule has 4 aromatic carbocycles. The Balaban J connectivity index is 1.78. The number of unbranched alkanes of at least 4 members (excludes halogenated alkanes) is 1. The summed E-state index contributed by atoms with van der Waals surface area (Å²) in [6, 6.07) is 28.5. The van der Waals surface area contributed by atoms with Crippen molar-refractivity contribution < 1.29 is 22.7 Å². The molecule has 8 nitrogen and oxygen atoms in total.